The van der Waals surface area contributed by atoms with Crippen molar-refractivity contribution in [1.29, 1.82) is 0 Å². The van der Waals surface area contributed by atoms with Crippen molar-refractivity contribution in [3.8, 4) is 0 Å². The minimum atomic E-state index is 0.711. The average molecular weight is 550 g/mol. The summed E-state index contributed by atoms with van der Waals surface area (Å²) in [4.78, 5) is 18.4. The topological polar surface area (TPSA) is 51.6 Å². The van der Waals surface area contributed by atoms with E-state index in [2.05, 4.69) is 83.7 Å². The SMILES string of the molecule is Cc1nc2c(Br)c(Br)c3nc(C)nc4c(Br)c(Br)c(n1)c2c34. The smallest absolute Gasteiger partial charge is 0.126 e. The molecule has 22 heavy (non-hydrogen) atoms. The number of hydrogen-bond acceptors (Lipinski definition) is 4. The van der Waals surface area contributed by atoms with Gasteiger partial charge in [-0.2, -0.15) is 0 Å². The highest BCUT2D eigenvalue weighted by molar-refractivity contribution is 9.13. The molecule has 0 atom stereocenters. The molecule has 0 spiro atoms. The molecule has 0 fully saturated rings. The first-order valence-corrected chi connectivity index (χ1v) is 9.47. The molecule has 110 valence electrons. The van der Waals surface area contributed by atoms with Crippen LogP contribution in [0.5, 0.6) is 0 Å². The van der Waals surface area contributed by atoms with E-state index in [9.17, 15) is 0 Å². The van der Waals surface area contributed by atoms with Gasteiger partial charge in [0.25, 0.3) is 0 Å². The molecule has 8 heteroatoms. The van der Waals surface area contributed by atoms with Crippen LogP contribution in [0.15, 0.2) is 17.9 Å². The van der Waals surface area contributed by atoms with Crippen LogP contribution < -0.4 is 0 Å². The average Bonchev–Trinajstić information content (AvgIpc) is 2.48. The molecular weight excluding hydrogens is 544 g/mol. The second-order valence-electron chi connectivity index (χ2n) is 4.94. The number of rotatable bonds is 0. The predicted octanol–water partition coefficient (Wildman–Crippen LogP) is 5.83. The van der Waals surface area contributed by atoms with E-state index < -0.39 is 0 Å². The third kappa shape index (κ3) is 1.90. The Balaban J connectivity index is 2.52. The van der Waals surface area contributed by atoms with Gasteiger partial charge in [-0.15, -0.1) is 0 Å². The van der Waals surface area contributed by atoms with Gasteiger partial charge in [0.05, 0.1) is 40.0 Å². The molecule has 0 unspecified atom stereocenters. The molecule has 2 heterocycles. The van der Waals surface area contributed by atoms with E-state index >= 15 is 0 Å². The van der Waals surface area contributed by atoms with Gasteiger partial charge in [0.1, 0.15) is 11.6 Å². The van der Waals surface area contributed by atoms with Crippen LogP contribution in [-0.2, 0) is 0 Å². The van der Waals surface area contributed by atoms with E-state index in [-0.39, 0.29) is 0 Å². The lowest BCUT2D eigenvalue weighted by molar-refractivity contribution is 1.10. The third-order valence-electron chi connectivity index (χ3n) is 3.51. The van der Waals surface area contributed by atoms with Gasteiger partial charge in [0.15, 0.2) is 0 Å². The summed E-state index contributed by atoms with van der Waals surface area (Å²) in [6, 6.07) is 0. The van der Waals surface area contributed by atoms with E-state index in [1.54, 1.807) is 0 Å². The van der Waals surface area contributed by atoms with Gasteiger partial charge in [-0.1, -0.05) is 0 Å². The van der Waals surface area contributed by atoms with Crippen LogP contribution in [0, 0.1) is 13.8 Å². The number of hydrogen-bond donors (Lipinski definition) is 0. The molecule has 0 saturated heterocycles. The monoisotopic (exact) mass is 546 g/mol. The summed E-state index contributed by atoms with van der Waals surface area (Å²) in [6.45, 7) is 3.77. The molecule has 2 aromatic carbocycles. The van der Waals surface area contributed by atoms with Crippen molar-refractivity contribution in [3.63, 3.8) is 0 Å². The number of nitrogens with zero attached hydrogens (tertiary/aromatic N) is 4. The van der Waals surface area contributed by atoms with Crippen molar-refractivity contribution >= 4 is 96.6 Å². The minimum absolute atomic E-state index is 0.711. The number of aromatic nitrogens is 4. The normalized spacial score (nSPS) is 12.1. The predicted molar refractivity (Wildman–Crippen MR) is 102 cm³/mol. The maximum Gasteiger partial charge on any atom is 0.126 e. The van der Waals surface area contributed by atoms with E-state index in [4.69, 9.17) is 0 Å². The fourth-order valence-corrected chi connectivity index (χ4v) is 4.57. The lowest BCUT2D eigenvalue weighted by Gasteiger charge is -2.15. The number of benzene rings is 2. The molecular formula is C14H6Br4N4. The second kappa shape index (κ2) is 5.03. The van der Waals surface area contributed by atoms with Crippen LogP contribution in [0.1, 0.15) is 11.6 Å². The molecule has 0 aliphatic heterocycles. The highest BCUT2D eigenvalue weighted by atomic mass is 79.9. The van der Waals surface area contributed by atoms with Gasteiger partial charge in [-0.05, 0) is 77.6 Å². The van der Waals surface area contributed by atoms with Crippen molar-refractivity contribution < 1.29 is 0 Å². The summed E-state index contributed by atoms with van der Waals surface area (Å²) >= 11 is 14.6. The lowest BCUT2D eigenvalue weighted by Crippen LogP contribution is -2.00. The second-order valence-corrected chi connectivity index (χ2v) is 8.11. The maximum absolute atomic E-state index is 4.60. The summed E-state index contributed by atoms with van der Waals surface area (Å²) in [7, 11) is 0. The summed E-state index contributed by atoms with van der Waals surface area (Å²) < 4.78 is 3.52. The van der Waals surface area contributed by atoms with Gasteiger partial charge in [0, 0.05) is 10.8 Å². The first kappa shape index (κ1) is 15.1. The highest BCUT2D eigenvalue weighted by Gasteiger charge is 2.23. The minimum Gasteiger partial charge on any atom is -0.232 e. The van der Waals surface area contributed by atoms with Crippen LogP contribution in [-0.4, -0.2) is 19.9 Å². The van der Waals surface area contributed by atoms with E-state index in [1.165, 1.54) is 0 Å². The van der Waals surface area contributed by atoms with Crippen molar-refractivity contribution in [2.45, 2.75) is 13.8 Å². The molecule has 0 aliphatic carbocycles. The van der Waals surface area contributed by atoms with E-state index in [0.29, 0.717) is 11.6 Å². The van der Waals surface area contributed by atoms with Gasteiger partial charge < -0.3 is 0 Å². The fraction of sp³-hybridized carbons (Fsp3) is 0.143. The summed E-state index contributed by atoms with van der Waals surface area (Å²) in [5, 5.41) is 1.92. The summed E-state index contributed by atoms with van der Waals surface area (Å²) in [5.74, 6) is 1.42. The standard InChI is InChI=1S/C14H6Br4N4/c1-3-19-11-5-6-13(9(17)7(11)15)21-4(2)22-14(6)10(18)8(16)12(5)20-3/h1-2H3. The molecule has 4 rings (SSSR count). The first-order valence-electron chi connectivity index (χ1n) is 6.29. The van der Waals surface area contributed by atoms with Gasteiger partial charge in [-0.3, -0.25) is 0 Å². The quantitative estimate of drug-likeness (QED) is 0.259. The fourth-order valence-electron chi connectivity index (χ4n) is 2.67. The number of aryl methyl sites for hydroxylation is 2. The Morgan fingerprint density at radius 3 is 0.955 bits per heavy atom. The highest BCUT2D eigenvalue weighted by Crippen LogP contribution is 2.46. The van der Waals surface area contributed by atoms with Crippen molar-refractivity contribution in [2.24, 2.45) is 0 Å². The molecule has 0 bridgehead atoms. The Labute approximate surface area is 159 Å². The number of halogens is 4. The zero-order valence-electron chi connectivity index (χ0n) is 11.3. The third-order valence-corrected chi connectivity index (χ3v) is 7.66. The largest absolute Gasteiger partial charge is 0.232 e. The lowest BCUT2D eigenvalue weighted by atomic mass is 10.0. The van der Waals surface area contributed by atoms with Crippen LogP contribution in [0.2, 0.25) is 0 Å². The summed E-state index contributed by atoms with van der Waals surface area (Å²) in [5.41, 5.74) is 3.42. The Morgan fingerprint density at radius 1 is 0.500 bits per heavy atom. The Kier molecular flexibility index (Phi) is 3.45. The summed E-state index contributed by atoms with van der Waals surface area (Å²) in [6.07, 6.45) is 0. The Bertz CT molecular complexity index is 928. The van der Waals surface area contributed by atoms with Crippen molar-refractivity contribution in [2.75, 3.05) is 0 Å². The van der Waals surface area contributed by atoms with Crippen molar-refractivity contribution in [1.82, 2.24) is 19.9 Å². The molecule has 4 nitrogen and oxygen atoms in total. The van der Waals surface area contributed by atoms with Crippen LogP contribution >= 0.6 is 63.7 Å². The van der Waals surface area contributed by atoms with Gasteiger partial charge >= 0.3 is 0 Å². The molecule has 0 N–H and O–H groups in total. The van der Waals surface area contributed by atoms with Crippen LogP contribution in [0.4, 0.5) is 0 Å². The van der Waals surface area contributed by atoms with Crippen molar-refractivity contribution in [3.05, 3.63) is 29.5 Å². The zero-order valence-corrected chi connectivity index (χ0v) is 17.6. The van der Waals surface area contributed by atoms with E-state index in [1.807, 2.05) is 13.8 Å². The van der Waals surface area contributed by atoms with E-state index in [0.717, 1.165) is 50.7 Å². The molecule has 0 amide bonds. The van der Waals surface area contributed by atoms with Crippen LogP contribution in [0.3, 0.4) is 0 Å². The van der Waals surface area contributed by atoms with Crippen LogP contribution in [0.25, 0.3) is 32.8 Å². The van der Waals surface area contributed by atoms with Gasteiger partial charge in [-0.25, -0.2) is 19.9 Å². The zero-order chi connectivity index (χ0) is 15.8. The molecule has 0 radical (unpaired) electrons. The molecule has 4 aromatic rings. The molecule has 2 aromatic heterocycles. The van der Waals surface area contributed by atoms with Gasteiger partial charge in [0.2, 0.25) is 0 Å². The maximum atomic E-state index is 4.60. The Hall–Kier alpha value is -0.440. The molecule has 0 saturated carbocycles. The first-order chi connectivity index (χ1) is 10.4. The Morgan fingerprint density at radius 2 is 0.727 bits per heavy atom. The molecule has 0 aliphatic rings.